The van der Waals surface area contributed by atoms with Crippen LogP contribution in [-0.4, -0.2) is 11.1 Å². The van der Waals surface area contributed by atoms with Crippen molar-refractivity contribution in [2.24, 2.45) is 0 Å². The predicted octanol–water partition coefficient (Wildman–Crippen LogP) is 3.31. The van der Waals surface area contributed by atoms with Gasteiger partial charge in [0.1, 0.15) is 11.3 Å². The molecule has 0 aliphatic rings. The van der Waals surface area contributed by atoms with E-state index in [1.807, 2.05) is 0 Å². The Labute approximate surface area is 114 Å². The first-order valence-electron chi connectivity index (χ1n) is 5.36. The van der Waals surface area contributed by atoms with Gasteiger partial charge in [0.05, 0.1) is 0 Å². The van der Waals surface area contributed by atoms with E-state index in [1.54, 1.807) is 0 Å². The van der Waals surface area contributed by atoms with E-state index in [9.17, 15) is 31.9 Å². The summed E-state index contributed by atoms with van der Waals surface area (Å²) in [5.41, 5.74) is -0.499. The molecule has 0 heterocycles. The zero-order chi connectivity index (χ0) is 15.7. The van der Waals surface area contributed by atoms with E-state index < -0.39 is 52.1 Å². The number of para-hydroxylation sites is 1. The summed E-state index contributed by atoms with van der Waals surface area (Å²) in [6.45, 7) is 0. The van der Waals surface area contributed by atoms with Gasteiger partial charge in [0, 0.05) is 0 Å². The first-order valence-corrected chi connectivity index (χ1v) is 5.36. The van der Waals surface area contributed by atoms with Gasteiger partial charge in [-0.05, 0) is 12.1 Å². The van der Waals surface area contributed by atoms with E-state index >= 15 is 0 Å². The topological polar surface area (TPSA) is 46.5 Å². The summed E-state index contributed by atoms with van der Waals surface area (Å²) in [5.74, 6) is -15.2. The first kappa shape index (κ1) is 14.8. The predicted molar refractivity (Wildman–Crippen MR) is 59.3 cm³/mol. The van der Waals surface area contributed by atoms with E-state index in [-0.39, 0.29) is 0 Å². The molecule has 8 heteroatoms. The fraction of sp³-hybridized carbons (Fsp3) is 0. The minimum Gasteiger partial charge on any atom is -0.507 e. The molecule has 2 aromatic carbocycles. The van der Waals surface area contributed by atoms with Gasteiger partial charge >= 0.3 is 5.97 Å². The average Bonchev–Trinajstić information content (AvgIpc) is 2.48. The number of aromatic hydroxyl groups is 1. The van der Waals surface area contributed by atoms with Crippen molar-refractivity contribution in [2.75, 3.05) is 0 Å². The van der Waals surface area contributed by atoms with Crippen molar-refractivity contribution in [3.05, 3.63) is 58.9 Å². The molecule has 21 heavy (non-hydrogen) atoms. The van der Waals surface area contributed by atoms with Gasteiger partial charge in [-0.2, -0.15) is 8.78 Å². The van der Waals surface area contributed by atoms with Crippen LogP contribution in [0.2, 0.25) is 0 Å². The Kier molecular flexibility index (Phi) is 3.79. The minimum atomic E-state index is -2.37. The number of carbonyl (C=O) groups is 1. The second kappa shape index (κ2) is 5.39. The number of phenols is 1. The lowest BCUT2D eigenvalue weighted by Crippen LogP contribution is -2.13. The minimum absolute atomic E-state index is 0.499. The Morgan fingerprint density at radius 1 is 0.857 bits per heavy atom. The fourth-order valence-corrected chi connectivity index (χ4v) is 1.47. The number of phenolic OH excluding ortho intramolecular Hbond substituents is 1. The second-order valence-electron chi connectivity index (χ2n) is 3.81. The van der Waals surface area contributed by atoms with Crippen LogP contribution < -0.4 is 4.74 Å². The third-order valence-electron chi connectivity index (χ3n) is 2.49. The Hall–Kier alpha value is -2.64. The van der Waals surface area contributed by atoms with Gasteiger partial charge < -0.3 is 9.84 Å². The Morgan fingerprint density at radius 2 is 1.33 bits per heavy atom. The molecular formula is C13H5F5O3. The molecule has 1 N–H and O–H groups in total. The maximum absolute atomic E-state index is 13.3. The van der Waals surface area contributed by atoms with Gasteiger partial charge in [-0.25, -0.2) is 18.0 Å². The number of esters is 1. The molecule has 0 aliphatic heterocycles. The lowest BCUT2D eigenvalue weighted by molar-refractivity contribution is 0.0713. The van der Waals surface area contributed by atoms with E-state index in [0.29, 0.717) is 0 Å². The summed E-state index contributed by atoms with van der Waals surface area (Å²) < 4.78 is 69.5. The molecule has 0 saturated carbocycles. The maximum Gasteiger partial charge on any atom is 0.347 e. The monoisotopic (exact) mass is 304 g/mol. The number of halogens is 5. The van der Waals surface area contributed by atoms with Crippen molar-refractivity contribution < 1.29 is 36.6 Å². The smallest absolute Gasteiger partial charge is 0.347 e. The van der Waals surface area contributed by atoms with Crippen LogP contribution in [0.3, 0.4) is 0 Å². The fourth-order valence-electron chi connectivity index (χ4n) is 1.47. The summed E-state index contributed by atoms with van der Waals surface area (Å²) >= 11 is 0. The van der Waals surface area contributed by atoms with Crippen LogP contribution in [0.4, 0.5) is 22.0 Å². The van der Waals surface area contributed by atoms with Gasteiger partial charge in [0.25, 0.3) is 0 Å². The van der Waals surface area contributed by atoms with Crippen LogP contribution >= 0.6 is 0 Å². The van der Waals surface area contributed by atoms with Crippen LogP contribution in [0.1, 0.15) is 10.4 Å². The Balaban J connectivity index is 2.46. The van der Waals surface area contributed by atoms with E-state index in [0.717, 1.165) is 12.1 Å². The number of ether oxygens (including phenoxy) is 1. The van der Waals surface area contributed by atoms with Crippen molar-refractivity contribution in [1.29, 1.82) is 0 Å². The quantitative estimate of drug-likeness (QED) is 0.304. The number of carbonyl (C=O) groups excluding carboxylic acids is 1. The average molecular weight is 304 g/mol. The number of rotatable bonds is 2. The summed E-state index contributed by atoms with van der Waals surface area (Å²) in [4.78, 5) is 11.6. The van der Waals surface area contributed by atoms with Crippen molar-refractivity contribution in [3.63, 3.8) is 0 Å². The third-order valence-corrected chi connectivity index (χ3v) is 2.49. The largest absolute Gasteiger partial charge is 0.507 e. The van der Waals surface area contributed by atoms with Crippen LogP contribution in [-0.2, 0) is 0 Å². The normalized spacial score (nSPS) is 10.5. The molecule has 0 aliphatic carbocycles. The highest BCUT2D eigenvalue weighted by Crippen LogP contribution is 2.30. The molecule has 0 amide bonds. The highest BCUT2D eigenvalue weighted by Gasteiger charge is 2.29. The molecule has 110 valence electrons. The van der Waals surface area contributed by atoms with Gasteiger partial charge in [0.2, 0.25) is 34.8 Å². The van der Waals surface area contributed by atoms with Gasteiger partial charge in [-0.1, -0.05) is 12.1 Å². The van der Waals surface area contributed by atoms with Crippen LogP contribution in [0.15, 0.2) is 24.3 Å². The summed E-state index contributed by atoms with van der Waals surface area (Å²) in [6.07, 6.45) is 0. The van der Waals surface area contributed by atoms with Crippen LogP contribution in [0, 0.1) is 29.1 Å². The molecule has 0 atom stereocenters. The summed E-state index contributed by atoms with van der Waals surface area (Å²) in [7, 11) is 0. The van der Waals surface area contributed by atoms with Crippen molar-refractivity contribution in [2.45, 2.75) is 0 Å². The van der Waals surface area contributed by atoms with E-state index in [4.69, 9.17) is 0 Å². The highest BCUT2D eigenvalue weighted by atomic mass is 19.2. The first-order chi connectivity index (χ1) is 9.84. The maximum atomic E-state index is 13.3. The van der Waals surface area contributed by atoms with Gasteiger partial charge in [-0.3, -0.25) is 0 Å². The molecule has 0 spiro atoms. The number of hydrogen-bond donors (Lipinski definition) is 1. The molecule has 0 saturated heterocycles. The van der Waals surface area contributed by atoms with Crippen molar-refractivity contribution >= 4 is 5.97 Å². The zero-order valence-electron chi connectivity index (χ0n) is 9.96. The van der Waals surface area contributed by atoms with Crippen LogP contribution in [0.5, 0.6) is 11.5 Å². The Morgan fingerprint density at radius 3 is 1.86 bits per heavy atom. The van der Waals surface area contributed by atoms with Gasteiger partial charge in [-0.15, -0.1) is 0 Å². The molecule has 2 rings (SSSR count). The SMILES string of the molecule is O=C(Oc1c(F)c(F)c(F)c(F)c1F)c1ccccc1O. The molecule has 0 bridgehead atoms. The zero-order valence-corrected chi connectivity index (χ0v) is 9.96. The molecular weight excluding hydrogens is 299 g/mol. The third kappa shape index (κ3) is 2.51. The Bertz CT molecular complexity index is 701. The van der Waals surface area contributed by atoms with E-state index in [1.165, 1.54) is 12.1 Å². The molecule has 3 nitrogen and oxygen atoms in total. The molecule has 0 fully saturated rings. The van der Waals surface area contributed by atoms with Gasteiger partial charge in [0.15, 0.2) is 0 Å². The van der Waals surface area contributed by atoms with Crippen LogP contribution in [0.25, 0.3) is 0 Å². The number of hydrogen-bond acceptors (Lipinski definition) is 3. The van der Waals surface area contributed by atoms with Crippen molar-refractivity contribution in [3.8, 4) is 11.5 Å². The standard InChI is InChI=1S/C13H5F5O3/c14-7-8(15)10(17)12(11(18)9(7)16)21-13(20)5-3-1-2-4-6(5)19/h1-4,19H. The van der Waals surface area contributed by atoms with Crippen molar-refractivity contribution in [1.82, 2.24) is 0 Å². The van der Waals surface area contributed by atoms with E-state index in [2.05, 4.69) is 4.74 Å². The summed E-state index contributed by atoms with van der Waals surface area (Å²) in [6, 6.07) is 4.78. The molecule has 0 unspecified atom stereocenters. The highest BCUT2D eigenvalue weighted by molar-refractivity contribution is 5.93. The summed E-state index contributed by atoms with van der Waals surface area (Å²) in [5, 5.41) is 9.35. The molecule has 0 radical (unpaired) electrons. The lowest BCUT2D eigenvalue weighted by Gasteiger charge is -2.09. The lowest BCUT2D eigenvalue weighted by atomic mass is 10.2. The molecule has 2 aromatic rings. The number of benzene rings is 2. The second-order valence-corrected chi connectivity index (χ2v) is 3.81. The molecule has 0 aromatic heterocycles.